The smallest absolute Gasteiger partial charge is 0.0325 e. The van der Waals surface area contributed by atoms with Crippen molar-refractivity contribution in [2.75, 3.05) is 6.54 Å². The minimum Gasteiger partial charge on any atom is -0.310 e. The Balaban J connectivity index is 2.17. The Bertz CT molecular complexity index is 418. The van der Waals surface area contributed by atoms with E-state index in [2.05, 4.69) is 45.1 Å². The quantitative estimate of drug-likeness (QED) is 0.770. The second kappa shape index (κ2) is 6.56. The summed E-state index contributed by atoms with van der Waals surface area (Å²) in [7, 11) is 0. The Morgan fingerprint density at radius 1 is 1.11 bits per heavy atom. The zero-order valence-corrected chi connectivity index (χ0v) is 13.1. The number of hydrogen-bond acceptors (Lipinski definition) is 1. The Morgan fingerprint density at radius 3 is 2.37 bits per heavy atom. The van der Waals surface area contributed by atoms with Crippen LogP contribution in [0.4, 0.5) is 0 Å². The molecule has 0 aromatic heterocycles. The maximum Gasteiger partial charge on any atom is 0.0325 e. The zero-order valence-electron chi connectivity index (χ0n) is 13.1. The fourth-order valence-corrected chi connectivity index (χ4v) is 3.06. The first-order valence-electron chi connectivity index (χ1n) is 7.93. The second-order valence-electron chi connectivity index (χ2n) is 6.33. The van der Waals surface area contributed by atoms with Crippen molar-refractivity contribution in [3.05, 3.63) is 34.4 Å². The Morgan fingerprint density at radius 2 is 1.79 bits per heavy atom. The van der Waals surface area contributed by atoms with Crippen LogP contribution in [0.15, 0.2) is 12.1 Å². The average Bonchev–Trinajstić information content (AvgIpc) is 2.32. The van der Waals surface area contributed by atoms with Crippen LogP contribution in [0.25, 0.3) is 0 Å². The van der Waals surface area contributed by atoms with E-state index in [1.54, 1.807) is 0 Å². The van der Waals surface area contributed by atoms with Gasteiger partial charge >= 0.3 is 0 Å². The molecule has 106 valence electrons. The first-order chi connectivity index (χ1) is 9.11. The monoisotopic (exact) mass is 259 g/mol. The van der Waals surface area contributed by atoms with Gasteiger partial charge in [-0.25, -0.2) is 0 Å². The molecule has 1 saturated carbocycles. The molecule has 1 nitrogen and oxygen atoms in total. The molecule has 1 atom stereocenters. The third-order valence-corrected chi connectivity index (χ3v) is 4.69. The summed E-state index contributed by atoms with van der Waals surface area (Å²) in [6, 6.07) is 5.33. The van der Waals surface area contributed by atoms with E-state index in [1.807, 2.05) is 0 Å². The Labute approximate surface area is 118 Å². The maximum absolute atomic E-state index is 3.77. The fourth-order valence-electron chi connectivity index (χ4n) is 3.06. The van der Waals surface area contributed by atoms with Crippen molar-refractivity contribution >= 4 is 0 Å². The van der Waals surface area contributed by atoms with Gasteiger partial charge in [-0.1, -0.05) is 38.3 Å². The van der Waals surface area contributed by atoms with Gasteiger partial charge in [0, 0.05) is 6.04 Å². The zero-order chi connectivity index (χ0) is 13.8. The number of nitrogens with one attached hydrogen (secondary N) is 1. The lowest BCUT2D eigenvalue weighted by molar-refractivity contribution is 0.261. The largest absolute Gasteiger partial charge is 0.310 e. The molecule has 1 aromatic carbocycles. The molecule has 1 aromatic rings. The summed E-state index contributed by atoms with van der Waals surface area (Å²) in [6.07, 6.45) is 6.86. The molecule has 1 unspecified atom stereocenters. The van der Waals surface area contributed by atoms with Crippen molar-refractivity contribution in [2.45, 2.75) is 65.8 Å². The van der Waals surface area contributed by atoms with Crippen LogP contribution in [0.3, 0.4) is 0 Å². The summed E-state index contributed by atoms with van der Waals surface area (Å²) in [5, 5.41) is 3.77. The third-order valence-electron chi connectivity index (χ3n) is 4.69. The summed E-state index contributed by atoms with van der Waals surface area (Å²) < 4.78 is 0. The molecule has 0 amide bonds. The van der Waals surface area contributed by atoms with Gasteiger partial charge < -0.3 is 5.32 Å². The molecule has 0 radical (unpaired) electrons. The van der Waals surface area contributed by atoms with Crippen LogP contribution < -0.4 is 5.32 Å². The summed E-state index contributed by atoms with van der Waals surface area (Å²) in [6.45, 7) is 10.1. The lowest BCUT2D eigenvalue weighted by Crippen LogP contribution is -2.27. The summed E-state index contributed by atoms with van der Waals surface area (Å²) in [4.78, 5) is 0. The molecule has 1 aliphatic carbocycles. The van der Waals surface area contributed by atoms with Crippen LogP contribution in [0, 0.1) is 26.7 Å². The highest BCUT2D eigenvalue weighted by atomic mass is 14.9. The maximum atomic E-state index is 3.77. The van der Waals surface area contributed by atoms with E-state index in [0.29, 0.717) is 6.04 Å². The van der Waals surface area contributed by atoms with Crippen LogP contribution in [0.2, 0.25) is 0 Å². The SMILES string of the molecule is CCCNC(CC1CCC1)c1cc(C)c(C)cc1C. The standard InChI is InChI=1S/C18H29N/c1-5-9-19-18(12-16-7-6-8-16)17-11-14(3)13(2)10-15(17)4/h10-11,16,18-19H,5-9,12H2,1-4H3. The van der Waals surface area contributed by atoms with Gasteiger partial charge in [-0.2, -0.15) is 0 Å². The molecule has 1 heteroatoms. The molecule has 0 heterocycles. The van der Waals surface area contributed by atoms with Crippen molar-refractivity contribution in [1.82, 2.24) is 5.32 Å². The molecular weight excluding hydrogens is 230 g/mol. The van der Waals surface area contributed by atoms with Crippen LogP contribution in [-0.2, 0) is 0 Å². The van der Waals surface area contributed by atoms with Crippen LogP contribution in [-0.4, -0.2) is 6.54 Å². The van der Waals surface area contributed by atoms with Crippen LogP contribution >= 0.6 is 0 Å². The molecule has 0 saturated heterocycles. The van der Waals surface area contributed by atoms with Gasteiger partial charge in [0.05, 0.1) is 0 Å². The molecular formula is C18H29N. The van der Waals surface area contributed by atoms with Crippen molar-refractivity contribution in [1.29, 1.82) is 0 Å². The molecule has 0 bridgehead atoms. The van der Waals surface area contributed by atoms with Gasteiger partial charge in [0.15, 0.2) is 0 Å². The molecule has 1 N–H and O–H groups in total. The molecule has 2 rings (SSSR count). The minimum atomic E-state index is 0.560. The third kappa shape index (κ3) is 3.60. The summed E-state index contributed by atoms with van der Waals surface area (Å²) in [5.41, 5.74) is 5.83. The lowest BCUT2D eigenvalue weighted by Gasteiger charge is -2.31. The van der Waals surface area contributed by atoms with E-state index in [-0.39, 0.29) is 0 Å². The van der Waals surface area contributed by atoms with Crippen molar-refractivity contribution in [3.63, 3.8) is 0 Å². The first kappa shape index (κ1) is 14.6. The number of hydrogen-bond donors (Lipinski definition) is 1. The van der Waals surface area contributed by atoms with Gasteiger partial charge in [0.2, 0.25) is 0 Å². The molecule has 1 aliphatic rings. The van der Waals surface area contributed by atoms with Crippen molar-refractivity contribution < 1.29 is 0 Å². The van der Waals surface area contributed by atoms with Gasteiger partial charge in [-0.05, 0) is 68.3 Å². The number of rotatable bonds is 6. The summed E-state index contributed by atoms with van der Waals surface area (Å²) >= 11 is 0. The normalized spacial score (nSPS) is 17.3. The molecule has 0 spiro atoms. The van der Waals surface area contributed by atoms with E-state index in [0.717, 1.165) is 12.5 Å². The van der Waals surface area contributed by atoms with Gasteiger partial charge in [0.25, 0.3) is 0 Å². The predicted octanol–water partition coefficient (Wildman–Crippen LogP) is 4.84. The molecule has 19 heavy (non-hydrogen) atoms. The highest BCUT2D eigenvalue weighted by Crippen LogP contribution is 2.36. The van der Waals surface area contributed by atoms with E-state index < -0.39 is 0 Å². The van der Waals surface area contributed by atoms with Crippen molar-refractivity contribution in [2.24, 2.45) is 5.92 Å². The molecule has 1 fully saturated rings. The van der Waals surface area contributed by atoms with E-state index in [4.69, 9.17) is 0 Å². The minimum absolute atomic E-state index is 0.560. The highest BCUT2D eigenvalue weighted by molar-refractivity contribution is 5.38. The average molecular weight is 259 g/mol. The van der Waals surface area contributed by atoms with Crippen molar-refractivity contribution in [3.8, 4) is 0 Å². The van der Waals surface area contributed by atoms with Crippen LogP contribution in [0.1, 0.15) is 67.3 Å². The fraction of sp³-hybridized carbons (Fsp3) is 0.667. The summed E-state index contributed by atoms with van der Waals surface area (Å²) in [5.74, 6) is 0.954. The molecule has 0 aliphatic heterocycles. The first-order valence-corrected chi connectivity index (χ1v) is 7.93. The van der Waals surface area contributed by atoms with Gasteiger partial charge in [-0.15, -0.1) is 0 Å². The Kier molecular flexibility index (Phi) is 5.04. The lowest BCUT2D eigenvalue weighted by atomic mass is 9.78. The Hall–Kier alpha value is -0.820. The van der Waals surface area contributed by atoms with E-state index in [9.17, 15) is 0 Å². The van der Waals surface area contributed by atoms with E-state index >= 15 is 0 Å². The predicted molar refractivity (Wildman–Crippen MR) is 83.6 cm³/mol. The van der Waals surface area contributed by atoms with Gasteiger partial charge in [0.1, 0.15) is 0 Å². The second-order valence-corrected chi connectivity index (χ2v) is 6.33. The number of benzene rings is 1. The van der Waals surface area contributed by atoms with Crippen LogP contribution in [0.5, 0.6) is 0 Å². The van der Waals surface area contributed by atoms with Gasteiger partial charge in [-0.3, -0.25) is 0 Å². The highest BCUT2D eigenvalue weighted by Gasteiger charge is 2.23. The van der Waals surface area contributed by atoms with E-state index in [1.165, 1.54) is 54.4 Å². The topological polar surface area (TPSA) is 12.0 Å². The number of aryl methyl sites for hydroxylation is 3.